The summed E-state index contributed by atoms with van der Waals surface area (Å²) < 4.78 is 15.7. The van der Waals surface area contributed by atoms with Gasteiger partial charge in [0.25, 0.3) is 0 Å². The van der Waals surface area contributed by atoms with E-state index in [2.05, 4.69) is 16.7 Å². The molecule has 128 valence electrons. The Hall–Kier alpha value is -2.02. The predicted octanol–water partition coefficient (Wildman–Crippen LogP) is 5.43. The fourth-order valence-electron chi connectivity index (χ4n) is 2.07. The number of thiophene rings is 1. The van der Waals surface area contributed by atoms with Crippen molar-refractivity contribution in [2.75, 3.05) is 6.54 Å². The summed E-state index contributed by atoms with van der Waals surface area (Å²) >= 11 is 9.17. The van der Waals surface area contributed by atoms with E-state index in [-0.39, 0.29) is 5.56 Å². The molecule has 3 aromatic rings. The van der Waals surface area contributed by atoms with Gasteiger partial charge >= 0.3 is 0 Å². The second kappa shape index (κ2) is 7.91. The van der Waals surface area contributed by atoms with Gasteiger partial charge in [0.05, 0.1) is 28.4 Å². The van der Waals surface area contributed by atoms with Crippen molar-refractivity contribution in [3.63, 3.8) is 0 Å². The second-order valence-corrected chi connectivity index (χ2v) is 7.54. The van der Waals surface area contributed by atoms with Crippen LogP contribution >= 0.6 is 34.3 Å². The van der Waals surface area contributed by atoms with E-state index >= 15 is 0 Å². The first-order chi connectivity index (χ1) is 12.1. The summed E-state index contributed by atoms with van der Waals surface area (Å²) in [6.07, 6.45) is 1.43. The third-order valence-corrected chi connectivity index (χ3v) is 5.32. The summed E-state index contributed by atoms with van der Waals surface area (Å²) in [5, 5.41) is 8.76. The van der Waals surface area contributed by atoms with E-state index in [1.807, 2.05) is 29.8 Å². The molecule has 0 fully saturated rings. The molecule has 3 nitrogen and oxygen atoms in total. The third-order valence-electron chi connectivity index (χ3n) is 3.25. The highest BCUT2D eigenvalue weighted by Gasteiger charge is 2.09. The van der Waals surface area contributed by atoms with Crippen molar-refractivity contribution in [3.05, 3.63) is 74.4 Å². The molecule has 0 spiro atoms. The Kier molecular flexibility index (Phi) is 5.63. The van der Waals surface area contributed by atoms with Gasteiger partial charge < -0.3 is 0 Å². The summed E-state index contributed by atoms with van der Waals surface area (Å²) in [6.45, 7) is 6.31. The standard InChI is InChI=1S/C18H15ClFN3S2/c1-12(2)9-21-18-23(16(11-25-18)17-7-4-8-24-17)22-10-13-14(19)5-3-6-15(13)20/h3-8,10-11H,1,9H2,2H3. The quantitative estimate of drug-likeness (QED) is 0.410. The zero-order valence-corrected chi connectivity index (χ0v) is 15.8. The number of nitrogens with zero attached hydrogens (tertiary/aromatic N) is 3. The molecular weight excluding hydrogens is 377 g/mol. The van der Waals surface area contributed by atoms with Crippen molar-refractivity contribution < 1.29 is 4.39 Å². The van der Waals surface area contributed by atoms with E-state index < -0.39 is 5.82 Å². The number of aromatic nitrogens is 1. The van der Waals surface area contributed by atoms with E-state index in [1.54, 1.807) is 28.1 Å². The molecule has 1 aromatic carbocycles. The molecule has 2 aromatic heterocycles. The number of benzene rings is 1. The number of halogens is 2. The Morgan fingerprint density at radius 2 is 2.16 bits per heavy atom. The highest BCUT2D eigenvalue weighted by atomic mass is 35.5. The Labute approximate surface area is 158 Å². The lowest BCUT2D eigenvalue weighted by molar-refractivity contribution is 0.625. The van der Waals surface area contributed by atoms with Crippen LogP contribution in [0.25, 0.3) is 10.6 Å². The molecule has 0 aliphatic carbocycles. The molecular formula is C18H15ClFN3S2. The fourth-order valence-corrected chi connectivity index (χ4v) is 3.91. The van der Waals surface area contributed by atoms with Gasteiger partial charge in [-0.25, -0.2) is 9.07 Å². The van der Waals surface area contributed by atoms with Crippen molar-refractivity contribution in [1.82, 2.24) is 4.68 Å². The molecule has 0 amide bonds. The topological polar surface area (TPSA) is 29.6 Å². The normalized spacial score (nSPS) is 12.2. The predicted molar refractivity (Wildman–Crippen MR) is 105 cm³/mol. The molecule has 0 bridgehead atoms. The summed E-state index contributed by atoms with van der Waals surface area (Å²) in [7, 11) is 0. The minimum atomic E-state index is -0.412. The smallest absolute Gasteiger partial charge is 0.206 e. The van der Waals surface area contributed by atoms with Gasteiger partial charge in [-0.05, 0) is 30.5 Å². The van der Waals surface area contributed by atoms with Gasteiger partial charge in [0.2, 0.25) is 4.80 Å². The average molecular weight is 392 g/mol. The highest BCUT2D eigenvalue weighted by molar-refractivity contribution is 7.14. The molecule has 0 N–H and O–H groups in total. The molecule has 25 heavy (non-hydrogen) atoms. The summed E-state index contributed by atoms with van der Waals surface area (Å²) in [4.78, 5) is 6.32. The van der Waals surface area contributed by atoms with Gasteiger partial charge in [0, 0.05) is 10.9 Å². The molecule has 0 aliphatic heterocycles. The number of hydrogen-bond donors (Lipinski definition) is 0. The van der Waals surface area contributed by atoms with Gasteiger partial charge in [0.1, 0.15) is 5.82 Å². The van der Waals surface area contributed by atoms with Crippen molar-refractivity contribution in [2.24, 2.45) is 10.1 Å². The zero-order chi connectivity index (χ0) is 17.8. The van der Waals surface area contributed by atoms with Crippen LogP contribution in [0.1, 0.15) is 12.5 Å². The van der Waals surface area contributed by atoms with Gasteiger partial charge in [0.15, 0.2) is 0 Å². The van der Waals surface area contributed by atoms with Crippen LogP contribution in [0.3, 0.4) is 0 Å². The first kappa shape index (κ1) is 17.8. The molecule has 0 atom stereocenters. The fraction of sp³-hybridized carbons (Fsp3) is 0.111. The lowest BCUT2D eigenvalue weighted by atomic mass is 10.2. The molecule has 0 aliphatic rings. The Morgan fingerprint density at radius 3 is 2.84 bits per heavy atom. The Balaban J connectivity index is 2.09. The Bertz CT molecular complexity index is 964. The maximum Gasteiger partial charge on any atom is 0.206 e. The Morgan fingerprint density at radius 1 is 1.32 bits per heavy atom. The minimum absolute atomic E-state index is 0.255. The van der Waals surface area contributed by atoms with Crippen molar-refractivity contribution in [1.29, 1.82) is 0 Å². The van der Waals surface area contributed by atoms with Crippen LogP contribution < -0.4 is 4.80 Å². The lowest BCUT2D eigenvalue weighted by Gasteiger charge is -2.03. The van der Waals surface area contributed by atoms with Crippen LogP contribution in [0, 0.1) is 5.82 Å². The van der Waals surface area contributed by atoms with Gasteiger partial charge in [-0.15, -0.1) is 22.7 Å². The van der Waals surface area contributed by atoms with Crippen molar-refractivity contribution in [3.8, 4) is 10.6 Å². The van der Waals surface area contributed by atoms with Crippen LogP contribution in [-0.2, 0) is 0 Å². The summed E-state index contributed by atoms with van der Waals surface area (Å²) in [5.74, 6) is -0.412. The molecule has 0 radical (unpaired) electrons. The first-order valence-corrected chi connectivity index (χ1v) is 9.57. The van der Waals surface area contributed by atoms with Crippen LogP contribution in [0.4, 0.5) is 4.39 Å². The van der Waals surface area contributed by atoms with E-state index in [9.17, 15) is 4.39 Å². The van der Waals surface area contributed by atoms with E-state index in [4.69, 9.17) is 11.6 Å². The molecule has 7 heteroatoms. The first-order valence-electron chi connectivity index (χ1n) is 7.44. The van der Waals surface area contributed by atoms with Crippen LogP contribution in [0.5, 0.6) is 0 Å². The lowest BCUT2D eigenvalue weighted by Crippen LogP contribution is -2.13. The van der Waals surface area contributed by atoms with Gasteiger partial charge in [-0.2, -0.15) is 5.10 Å². The summed E-state index contributed by atoms with van der Waals surface area (Å²) in [6, 6.07) is 8.55. The monoisotopic (exact) mass is 391 g/mol. The molecule has 3 rings (SSSR count). The number of hydrogen-bond acceptors (Lipinski definition) is 4. The largest absolute Gasteiger partial charge is 0.253 e. The number of thiazole rings is 1. The second-order valence-electron chi connectivity index (χ2n) is 5.35. The van der Waals surface area contributed by atoms with Gasteiger partial charge in [-0.3, -0.25) is 4.99 Å². The zero-order valence-electron chi connectivity index (χ0n) is 13.4. The maximum absolute atomic E-state index is 14.0. The average Bonchev–Trinajstić information content (AvgIpc) is 3.21. The third kappa shape index (κ3) is 4.15. The molecule has 0 saturated carbocycles. The van der Waals surface area contributed by atoms with Gasteiger partial charge in [-0.1, -0.05) is 35.9 Å². The van der Waals surface area contributed by atoms with Crippen LogP contribution in [0.15, 0.2) is 63.3 Å². The van der Waals surface area contributed by atoms with Crippen LogP contribution in [-0.4, -0.2) is 17.4 Å². The SMILES string of the molecule is C=C(C)CN=c1scc(-c2cccs2)n1N=Cc1c(F)cccc1Cl. The van der Waals surface area contributed by atoms with Crippen molar-refractivity contribution >= 4 is 40.5 Å². The molecule has 2 heterocycles. The van der Waals surface area contributed by atoms with Crippen molar-refractivity contribution in [2.45, 2.75) is 6.92 Å². The maximum atomic E-state index is 14.0. The summed E-state index contributed by atoms with van der Waals surface area (Å²) in [5.41, 5.74) is 2.12. The molecule has 0 saturated heterocycles. The van der Waals surface area contributed by atoms with Crippen LogP contribution in [0.2, 0.25) is 5.02 Å². The molecule has 0 unspecified atom stereocenters. The van der Waals surface area contributed by atoms with E-state index in [0.717, 1.165) is 20.9 Å². The van der Waals surface area contributed by atoms with E-state index in [1.165, 1.54) is 23.6 Å². The highest BCUT2D eigenvalue weighted by Crippen LogP contribution is 2.25. The number of rotatable bonds is 5. The van der Waals surface area contributed by atoms with E-state index in [0.29, 0.717) is 11.6 Å². The minimum Gasteiger partial charge on any atom is -0.253 e.